The van der Waals surface area contributed by atoms with E-state index in [1.807, 2.05) is 25.2 Å². The third kappa shape index (κ3) is 9.90. The van der Waals surface area contributed by atoms with E-state index in [-0.39, 0.29) is 30.8 Å². The van der Waals surface area contributed by atoms with Crippen LogP contribution in [0, 0.1) is 17.8 Å². The minimum Gasteiger partial charge on any atom is -0.462 e. The lowest BCUT2D eigenvalue weighted by molar-refractivity contribution is -0.318. The topological polar surface area (TPSA) is 170 Å². The van der Waals surface area contributed by atoms with Crippen LogP contribution in [0.2, 0.25) is 0 Å². The molecule has 4 saturated heterocycles. The van der Waals surface area contributed by atoms with E-state index in [0.29, 0.717) is 49.2 Å². The monoisotopic (exact) mass is 884 g/mol. The summed E-state index contributed by atoms with van der Waals surface area (Å²) in [4.78, 5) is 14.4. The summed E-state index contributed by atoms with van der Waals surface area (Å²) in [6.07, 6.45) is 14.7. The van der Waals surface area contributed by atoms with Gasteiger partial charge in [0.25, 0.3) is 0 Å². The van der Waals surface area contributed by atoms with Crippen molar-refractivity contribution in [2.75, 3.05) is 20.8 Å². The van der Waals surface area contributed by atoms with E-state index in [4.69, 9.17) is 47.4 Å². The van der Waals surface area contributed by atoms with Crippen LogP contribution in [0.3, 0.4) is 0 Å². The Kier molecular flexibility index (Phi) is 14.9. The Morgan fingerprint density at radius 2 is 1.57 bits per heavy atom. The van der Waals surface area contributed by atoms with Crippen molar-refractivity contribution >= 4 is 5.97 Å². The molecule has 14 nitrogen and oxygen atoms in total. The Hall–Kier alpha value is -2.31. The maximum absolute atomic E-state index is 14.4. The van der Waals surface area contributed by atoms with Crippen LogP contribution in [0.4, 0.5) is 0 Å². The molecule has 5 fully saturated rings. The summed E-state index contributed by atoms with van der Waals surface area (Å²) < 4.78 is 63.9. The summed E-state index contributed by atoms with van der Waals surface area (Å²) in [5.41, 5.74) is 0.174. The molecule has 2 bridgehead atoms. The third-order valence-electron chi connectivity index (χ3n) is 15.1. The first-order chi connectivity index (χ1) is 30.2. The fourth-order valence-electron chi connectivity index (χ4n) is 11.4. The van der Waals surface area contributed by atoms with Crippen molar-refractivity contribution in [2.45, 2.75) is 202 Å². The molecule has 0 aromatic rings. The standard InChI is InChI=1S/C49H72O14/c1-27-13-11-16-33-26-56-46-42(50)29(3)21-36(49(33,46)53)47(52)59-35-22-34(62-48(25-35)20-12-17-37(63-48)32-14-9-8-10-15-32)19-18-28(2)44(27)60-41-24-39(55-7)45(31(5)58-41)61-40-23-38(54-6)43(51)30(4)57-40/h11-13,16,18,20-21,27,30-32,34-46,50-51,53H,8-10,14-15,17,19,22-26H2,1-7H3/b13-11+,28-18+,33-16+/t27-,30-,31-,34+,35-,36-,37-,38-,39?,40-,41-,42+,43-,44?,45-,46+,48?,49+/m0/s1. The second-order valence-corrected chi connectivity index (χ2v) is 19.5. The molecule has 0 aromatic heterocycles. The number of carbonyl (C=O) groups excluding carboxylic acids is 1. The Morgan fingerprint density at radius 3 is 2.33 bits per heavy atom. The summed E-state index contributed by atoms with van der Waals surface area (Å²) in [6.45, 7) is 9.65. The molecule has 6 aliphatic heterocycles. The van der Waals surface area contributed by atoms with E-state index in [9.17, 15) is 20.1 Å². The lowest BCUT2D eigenvalue weighted by atomic mass is 9.71. The lowest BCUT2D eigenvalue weighted by Crippen LogP contribution is -2.58. The normalized spacial score (nSPS) is 48.6. The molecule has 352 valence electrons. The number of esters is 1. The predicted molar refractivity (Wildman–Crippen MR) is 230 cm³/mol. The van der Waals surface area contributed by atoms with Crippen LogP contribution in [0.5, 0.6) is 0 Å². The van der Waals surface area contributed by atoms with Crippen LogP contribution in [-0.4, -0.2) is 139 Å². The van der Waals surface area contributed by atoms with Crippen molar-refractivity contribution in [2.24, 2.45) is 17.8 Å². The number of methoxy groups -OCH3 is 2. The Balaban J connectivity index is 1.07. The first kappa shape index (κ1) is 47.2. The van der Waals surface area contributed by atoms with Gasteiger partial charge in [-0.2, -0.15) is 0 Å². The number of hydrogen-bond donors (Lipinski definition) is 3. The molecule has 0 radical (unpaired) electrons. The van der Waals surface area contributed by atoms with Gasteiger partial charge in [0.05, 0.1) is 49.3 Å². The first-order valence-corrected chi connectivity index (χ1v) is 23.6. The van der Waals surface area contributed by atoms with Crippen LogP contribution in [0.15, 0.2) is 59.3 Å². The predicted octanol–water partition coefficient (Wildman–Crippen LogP) is 5.67. The molecule has 8 aliphatic rings. The van der Waals surface area contributed by atoms with Crippen molar-refractivity contribution in [3.8, 4) is 0 Å². The summed E-state index contributed by atoms with van der Waals surface area (Å²) in [5.74, 6) is -2.49. The van der Waals surface area contributed by atoms with E-state index >= 15 is 0 Å². The number of aliphatic hydroxyl groups excluding tert-OH is 2. The van der Waals surface area contributed by atoms with E-state index in [1.54, 1.807) is 40.2 Å². The Morgan fingerprint density at radius 1 is 0.841 bits per heavy atom. The highest BCUT2D eigenvalue weighted by molar-refractivity contribution is 5.78. The highest BCUT2D eigenvalue weighted by atomic mass is 16.7. The van der Waals surface area contributed by atoms with Crippen molar-refractivity contribution < 1.29 is 67.5 Å². The number of aliphatic hydroxyl groups is 3. The van der Waals surface area contributed by atoms with Gasteiger partial charge in [0.15, 0.2) is 18.4 Å². The molecule has 0 amide bonds. The van der Waals surface area contributed by atoms with Crippen LogP contribution in [0.25, 0.3) is 0 Å². The Labute approximate surface area is 372 Å². The number of rotatable bonds is 7. The molecular formula is C49H72O14. The molecule has 6 heterocycles. The number of carbonyl (C=O) groups is 1. The third-order valence-corrected chi connectivity index (χ3v) is 15.1. The summed E-state index contributed by atoms with van der Waals surface area (Å²) in [7, 11) is 3.23. The zero-order chi connectivity index (χ0) is 44.6. The van der Waals surface area contributed by atoms with Crippen molar-refractivity contribution in [1.29, 1.82) is 0 Å². The van der Waals surface area contributed by atoms with Gasteiger partial charge in [-0.1, -0.05) is 62.6 Å². The maximum Gasteiger partial charge on any atom is 0.316 e. The van der Waals surface area contributed by atoms with Gasteiger partial charge < -0.3 is 62.7 Å². The average Bonchev–Trinajstić information content (AvgIpc) is 3.61. The van der Waals surface area contributed by atoms with Gasteiger partial charge in [-0.25, -0.2) is 0 Å². The zero-order valence-electron chi connectivity index (χ0n) is 38.2. The average molecular weight is 885 g/mol. The Bertz CT molecular complexity index is 1750. The largest absolute Gasteiger partial charge is 0.462 e. The van der Waals surface area contributed by atoms with Gasteiger partial charge in [0.2, 0.25) is 0 Å². The lowest BCUT2D eigenvalue weighted by Gasteiger charge is -2.47. The summed E-state index contributed by atoms with van der Waals surface area (Å²) in [6, 6.07) is 0. The van der Waals surface area contributed by atoms with Gasteiger partial charge in [-0.15, -0.1) is 0 Å². The van der Waals surface area contributed by atoms with E-state index in [2.05, 4.69) is 26.0 Å². The quantitative estimate of drug-likeness (QED) is 0.211. The minimum absolute atomic E-state index is 0.00825. The molecule has 2 aliphatic carbocycles. The molecule has 63 heavy (non-hydrogen) atoms. The molecule has 1 saturated carbocycles. The molecular weight excluding hydrogens is 813 g/mol. The number of ether oxygens (including phenoxy) is 10. The second-order valence-electron chi connectivity index (χ2n) is 19.5. The van der Waals surface area contributed by atoms with Gasteiger partial charge >= 0.3 is 5.97 Å². The first-order valence-electron chi connectivity index (χ1n) is 23.6. The number of allylic oxidation sites excluding steroid dienone is 2. The molecule has 8 rings (SSSR count). The van der Waals surface area contributed by atoms with Crippen LogP contribution in [0.1, 0.15) is 105 Å². The molecule has 14 heteroatoms. The molecule has 3 N–H and O–H groups in total. The highest BCUT2D eigenvalue weighted by Crippen LogP contribution is 2.47. The van der Waals surface area contributed by atoms with Gasteiger partial charge in [-0.05, 0) is 82.1 Å². The van der Waals surface area contributed by atoms with Crippen molar-refractivity contribution in [3.05, 3.63) is 59.3 Å². The van der Waals surface area contributed by atoms with E-state index in [0.717, 1.165) is 24.8 Å². The molecule has 1 spiro atoms. The van der Waals surface area contributed by atoms with Crippen LogP contribution in [-0.2, 0) is 52.2 Å². The maximum atomic E-state index is 14.4. The summed E-state index contributed by atoms with van der Waals surface area (Å²) in [5, 5.41) is 34.3. The molecule has 3 unspecified atom stereocenters. The second kappa shape index (κ2) is 19.9. The highest BCUT2D eigenvalue weighted by Gasteiger charge is 2.60. The van der Waals surface area contributed by atoms with Crippen molar-refractivity contribution in [1.82, 2.24) is 0 Å². The SMILES string of the molecule is COC1C[C@H](OC2/C(C)=C/C[C@@H]3C[C@@H](CC4(C=CC[C@@H](C5CCCCC5)O4)O3)OC(=O)[C@@H]3C=C(C)[C@@H](O)[C@H]4OC/C(=C\C=C\[C@@H]2C)[C@]43O)O[C@@H](C)[C@@H]1O[C@H]1C[C@H](OC)[C@@H](O)[C@H](C)O1. The van der Waals surface area contributed by atoms with E-state index < -0.39 is 90.8 Å². The van der Waals surface area contributed by atoms with Crippen molar-refractivity contribution in [3.63, 3.8) is 0 Å². The molecule has 0 aromatic carbocycles. The zero-order valence-corrected chi connectivity index (χ0v) is 38.2. The van der Waals surface area contributed by atoms with Crippen LogP contribution >= 0.6 is 0 Å². The minimum atomic E-state index is -1.83. The fraction of sp³-hybridized carbons (Fsp3) is 0.776. The van der Waals surface area contributed by atoms with Gasteiger partial charge in [-0.3, -0.25) is 4.79 Å². The smallest absolute Gasteiger partial charge is 0.316 e. The summed E-state index contributed by atoms with van der Waals surface area (Å²) >= 11 is 0. The number of hydrogen-bond acceptors (Lipinski definition) is 14. The van der Waals surface area contributed by atoms with E-state index in [1.165, 1.54) is 19.3 Å². The van der Waals surface area contributed by atoms with Crippen LogP contribution < -0.4 is 0 Å². The fourth-order valence-corrected chi connectivity index (χ4v) is 11.4. The van der Waals surface area contributed by atoms with Gasteiger partial charge in [0.1, 0.15) is 42.0 Å². The number of fused-ring (bicyclic) bond motifs is 2. The van der Waals surface area contributed by atoms with Gasteiger partial charge in [0, 0.05) is 45.8 Å². The molecule has 18 atom stereocenters.